The third-order valence-electron chi connectivity index (χ3n) is 6.95. The molecule has 0 atom stereocenters. The summed E-state index contributed by atoms with van der Waals surface area (Å²) in [4.78, 5) is 2.72. The summed E-state index contributed by atoms with van der Waals surface area (Å²) in [6.07, 6.45) is 19.8. The van der Waals surface area contributed by atoms with Gasteiger partial charge in [0.1, 0.15) is 0 Å². The molecule has 3 heteroatoms. The topological polar surface area (TPSA) is 15.3 Å². The Labute approximate surface area is 203 Å². The fraction of sp³-hybridized carbons (Fsp3) is 0.655. The van der Waals surface area contributed by atoms with Crippen molar-refractivity contribution in [3.8, 4) is 0 Å². The lowest BCUT2D eigenvalue weighted by molar-refractivity contribution is 0.191. The summed E-state index contributed by atoms with van der Waals surface area (Å²) in [5, 5.41) is 1.87. The van der Waals surface area contributed by atoms with E-state index in [0.717, 1.165) is 6.04 Å². The first kappa shape index (κ1) is 27.1. The number of fused-ring (bicyclic) bond motifs is 2. The number of nitrogens with one attached hydrogen (secondary N) is 1. The average Bonchev–Trinajstić information content (AvgIpc) is 3.61. The summed E-state index contributed by atoms with van der Waals surface area (Å²) in [6.45, 7) is 15.8. The van der Waals surface area contributed by atoms with Crippen LogP contribution in [0.15, 0.2) is 30.7 Å². The lowest BCUT2D eigenvalue weighted by atomic mass is 9.94. The lowest BCUT2D eigenvalue weighted by Crippen LogP contribution is -2.34. The SMILES string of the molecule is C1CCC(N2CCCC2)CC1.C=CC.C=CSNc1c2c(cc3c1CCC3)CCC2.CC. The monoisotopic (exact) mass is 456 g/mol. The third-order valence-corrected chi connectivity index (χ3v) is 7.44. The van der Waals surface area contributed by atoms with Gasteiger partial charge in [0.05, 0.1) is 5.69 Å². The average molecular weight is 457 g/mol. The maximum absolute atomic E-state index is 3.76. The summed E-state index contributed by atoms with van der Waals surface area (Å²) < 4.78 is 3.49. The minimum absolute atomic E-state index is 0.978. The van der Waals surface area contributed by atoms with Crippen molar-refractivity contribution in [1.29, 1.82) is 0 Å². The fourth-order valence-corrected chi connectivity index (χ4v) is 6.04. The number of rotatable bonds is 4. The zero-order chi connectivity index (χ0) is 23.2. The normalized spacial score (nSPS) is 19.2. The van der Waals surface area contributed by atoms with Gasteiger partial charge in [0.15, 0.2) is 0 Å². The van der Waals surface area contributed by atoms with Gasteiger partial charge in [0.25, 0.3) is 0 Å². The molecule has 4 aliphatic rings. The van der Waals surface area contributed by atoms with E-state index in [4.69, 9.17) is 0 Å². The fourth-order valence-electron chi connectivity index (χ4n) is 5.59. The number of likely N-dealkylation sites (tertiary alicyclic amines) is 1. The Bertz CT molecular complexity index is 653. The van der Waals surface area contributed by atoms with Crippen molar-refractivity contribution in [3.63, 3.8) is 0 Å². The van der Waals surface area contributed by atoms with E-state index < -0.39 is 0 Å². The van der Waals surface area contributed by atoms with Crippen molar-refractivity contribution in [3.05, 3.63) is 53.0 Å². The predicted octanol–water partition coefficient (Wildman–Crippen LogP) is 8.50. The largest absolute Gasteiger partial charge is 0.326 e. The number of allylic oxidation sites excluding steroid dienone is 1. The van der Waals surface area contributed by atoms with Crippen molar-refractivity contribution in [2.45, 2.75) is 110 Å². The zero-order valence-electron chi connectivity index (χ0n) is 21.2. The molecule has 0 amide bonds. The number of benzene rings is 1. The van der Waals surface area contributed by atoms with Crippen molar-refractivity contribution in [1.82, 2.24) is 4.90 Å². The van der Waals surface area contributed by atoms with E-state index in [2.05, 4.69) is 28.8 Å². The minimum atomic E-state index is 0.978. The van der Waals surface area contributed by atoms with Crippen LogP contribution in [0.5, 0.6) is 0 Å². The standard InChI is InChI=1S/C14H17NS.C10H19N.C3H6.C2H6/c1-2-16-15-14-12-7-3-5-10(12)9-11-6-4-8-13(11)14;1-2-6-10(7-3-1)11-8-4-5-9-11;1-3-2;1-2/h2,9,15H,1,3-8H2;10H,1-9H2;3H,1H2,2H3;1-2H3. The third kappa shape index (κ3) is 7.70. The molecule has 1 aliphatic heterocycles. The zero-order valence-corrected chi connectivity index (χ0v) is 22.0. The van der Waals surface area contributed by atoms with Crippen LogP contribution in [0.4, 0.5) is 5.69 Å². The molecule has 2 fully saturated rings. The van der Waals surface area contributed by atoms with Crippen LogP contribution in [0.3, 0.4) is 0 Å². The number of hydrogen-bond acceptors (Lipinski definition) is 3. The molecule has 180 valence electrons. The van der Waals surface area contributed by atoms with Gasteiger partial charge in [0.2, 0.25) is 0 Å². The quantitative estimate of drug-likeness (QED) is 0.361. The van der Waals surface area contributed by atoms with Crippen molar-refractivity contribution in [2.24, 2.45) is 0 Å². The van der Waals surface area contributed by atoms with Crippen LogP contribution in [-0.4, -0.2) is 24.0 Å². The van der Waals surface area contributed by atoms with Crippen LogP contribution in [0, 0.1) is 0 Å². The molecule has 1 N–H and O–H groups in total. The predicted molar refractivity (Wildman–Crippen MR) is 147 cm³/mol. The van der Waals surface area contributed by atoms with Crippen molar-refractivity contribution in [2.75, 3.05) is 17.8 Å². The second-order valence-electron chi connectivity index (χ2n) is 9.06. The summed E-state index contributed by atoms with van der Waals surface area (Å²) in [5.41, 5.74) is 7.76. The molecular weight excluding hydrogens is 408 g/mol. The van der Waals surface area contributed by atoms with E-state index in [1.807, 2.05) is 26.2 Å². The highest BCUT2D eigenvalue weighted by molar-refractivity contribution is 8.03. The van der Waals surface area contributed by atoms with Gasteiger partial charge in [-0.2, -0.15) is 0 Å². The highest BCUT2D eigenvalue weighted by Crippen LogP contribution is 2.39. The molecule has 1 heterocycles. The van der Waals surface area contributed by atoms with Crippen molar-refractivity contribution >= 4 is 17.6 Å². The molecule has 2 nitrogen and oxygen atoms in total. The number of anilines is 1. The molecule has 1 aromatic carbocycles. The highest BCUT2D eigenvalue weighted by atomic mass is 32.2. The van der Waals surface area contributed by atoms with E-state index in [0.29, 0.717) is 0 Å². The Morgan fingerprint density at radius 2 is 1.38 bits per heavy atom. The van der Waals surface area contributed by atoms with Crippen LogP contribution in [-0.2, 0) is 25.7 Å². The van der Waals surface area contributed by atoms with Gasteiger partial charge in [-0.15, -0.1) is 6.58 Å². The smallest absolute Gasteiger partial charge is 0.0512 e. The van der Waals surface area contributed by atoms with Gasteiger partial charge in [-0.1, -0.05) is 51.8 Å². The van der Waals surface area contributed by atoms with Crippen LogP contribution in [0.2, 0.25) is 0 Å². The van der Waals surface area contributed by atoms with Gasteiger partial charge in [-0.05, 0) is 124 Å². The Kier molecular flexibility index (Phi) is 13.2. The lowest BCUT2D eigenvalue weighted by Gasteiger charge is -2.30. The molecule has 3 aliphatic carbocycles. The molecule has 32 heavy (non-hydrogen) atoms. The molecule has 0 radical (unpaired) electrons. The van der Waals surface area contributed by atoms with Gasteiger partial charge < -0.3 is 9.62 Å². The second-order valence-corrected chi connectivity index (χ2v) is 9.84. The van der Waals surface area contributed by atoms with E-state index in [1.54, 1.807) is 40.3 Å². The number of hydrogen-bond donors (Lipinski definition) is 1. The van der Waals surface area contributed by atoms with E-state index in [1.165, 1.54) is 102 Å². The Morgan fingerprint density at radius 3 is 1.88 bits per heavy atom. The van der Waals surface area contributed by atoms with Crippen LogP contribution in [0.25, 0.3) is 0 Å². The van der Waals surface area contributed by atoms with Gasteiger partial charge in [-0.3, -0.25) is 0 Å². The molecule has 5 rings (SSSR count). The second kappa shape index (κ2) is 15.6. The maximum atomic E-state index is 3.76. The van der Waals surface area contributed by atoms with Gasteiger partial charge in [-0.25, -0.2) is 0 Å². The Hall–Kier alpha value is -1.19. The van der Waals surface area contributed by atoms with Crippen LogP contribution < -0.4 is 4.72 Å². The molecule has 0 spiro atoms. The first-order valence-electron chi connectivity index (χ1n) is 13.3. The molecule has 1 saturated carbocycles. The summed E-state index contributed by atoms with van der Waals surface area (Å²) >= 11 is 1.61. The molecule has 1 saturated heterocycles. The summed E-state index contributed by atoms with van der Waals surface area (Å²) in [5.74, 6) is 0. The molecule has 0 unspecified atom stereocenters. The van der Waals surface area contributed by atoms with Crippen LogP contribution in [0.1, 0.15) is 101 Å². The highest BCUT2D eigenvalue weighted by Gasteiger charge is 2.24. The molecule has 0 aromatic heterocycles. The molecular formula is C29H48N2S. The van der Waals surface area contributed by atoms with E-state index >= 15 is 0 Å². The molecule has 1 aromatic rings. The van der Waals surface area contributed by atoms with E-state index in [9.17, 15) is 0 Å². The van der Waals surface area contributed by atoms with Crippen molar-refractivity contribution < 1.29 is 0 Å². The van der Waals surface area contributed by atoms with Gasteiger partial charge in [0, 0.05) is 6.04 Å². The Balaban J connectivity index is 0.000000198. The first-order chi connectivity index (χ1) is 15.8. The summed E-state index contributed by atoms with van der Waals surface area (Å²) in [6, 6.07) is 3.44. The number of nitrogens with zero attached hydrogens (tertiary/aromatic N) is 1. The molecule has 0 bridgehead atoms. The Morgan fingerprint density at radius 1 is 0.844 bits per heavy atom. The van der Waals surface area contributed by atoms with E-state index in [-0.39, 0.29) is 0 Å². The first-order valence-corrected chi connectivity index (χ1v) is 14.2. The number of aryl methyl sites for hydroxylation is 2. The minimum Gasteiger partial charge on any atom is -0.326 e. The van der Waals surface area contributed by atoms with Gasteiger partial charge >= 0.3 is 0 Å². The van der Waals surface area contributed by atoms with Crippen LogP contribution >= 0.6 is 11.9 Å². The summed E-state index contributed by atoms with van der Waals surface area (Å²) in [7, 11) is 0. The maximum Gasteiger partial charge on any atom is 0.0512 e.